The van der Waals surface area contributed by atoms with Crippen LogP contribution in [0.25, 0.3) is 22.3 Å². The van der Waals surface area contributed by atoms with Gasteiger partial charge in [-0.15, -0.1) is 0 Å². The lowest BCUT2D eigenvalue weighted by atomic mass is 9.87. The lowest BCUT2D eigenvalue weighted by Crippen LogP contribution is -2.10. The van der Waals surface area contributed by atoms with Crippen molar-refractivity contribution in [3.63, 3.8) is 0 Å². The molecule has 3 rings (SSSR count). The Morgan fingerprint density at radius 1 is 1.12 bits per heavy atom. The van der Waals surface area contributed by atoms with E-state index in [-0.39, 0.29) is 11.3 Å². The zero-order valence-corrected chi connectivity index (χ0v) is 14.7. The predicted octanol–water partition coefficient (Wildman–Crippen LogP) is 4.72. The van der Waals surface area contributed by atoms with Crippen molar-refractivity contribution in [1.29, 1.82) is 0 Å². The highest BCUT2D eigenvalue weighted by Gasteiger charge is 2.13. The van der Waals surface area contributed by atoms with Crippen molar-refractivity contribution in [1.82, 2.24) is 9.97 Å². The predicted molar refractivity (Wildman–Crippen MR) is 103 cm³/mol. The molecule has 4 nitrogen and oxygen atoms in total. The first-order chi connectivity index (χ1) is 11.9. The normalized spacial score (nSPS) is 11.3. The molecule has 0 saturated carbocycles. The molecule has 0 radical (unpaired) electrons. The molecule has 0 bridgehead atoms. The Morgan fingerprint density at radius 3 is 2.48 bits per heavy atom. The lowest BCUT2D eigenvalue weighted by Gasteiger charge is -2.19. The number of amides is 1. The number of rotatable bonds is 3. The van der Waals surface area contributed by atoms with E-state index in [1.807, 2.05) is 30.3 Å². The molecule has 1 amide bonds. The quantitative estimate of drug-likeness (QED) is 0.707. The molecule has 0 fully saturated rings. The molecule has 1 aromatic heterocycles. The van der Waals surface area contributed by atoms with Crippen LogP contribution in [0.2, 0.25) is 0 Å². The highest BCUT2D eigenvalue weighted by molar-refractivity contribution is 6.00. The van der Waals surface area contributed by atoms with E-state index in [1.54, 1.807) is 6.20 Å². The van der Waals surface area contributed by atoms with Crippen LogP contribution in [-0.4, -0.2) is 15.9 Å². The van der Waals surface area contributed by atoms with Crippen molar-refractivity contribution < 1.29 is 4.79 Å². The molecular formula is C21H21N3O. The molecule has 3 aromatic rings. The average Bonchev–Trinajstić information content (AvgIpc) is 2.60. The highest BCUT2D eigenvalue weighted by atomic mass is 16.1. The van der Waals surface area contributed by atoms with Gasteiger partial charge in [-0.1, -0.05) is 51.6 Å². The summed E-state index contributed by atoms with van der Waals surface area (Å²) in [5.74, 6) is 0.423. The van der Waals surface area contributed by atoms with E-state index in [1.165, 1.54) is 11.6 Å². The molecule has 1 heterocycles. The van der Waals surface area contributed by atoms with E-state index < -0.39 is 0 Å². The number of carbonyl (C=O) groups excluding carboxylic acids is 1. The van der Waals surface area contributed by atoms with Crippen molar-refractivity contribution in [2.45, 2.75) is 26.2 Å². The van der Waals surface area contributed by atoms with Crippen LogP contribution >= 0.6 is 0 Å². The third-order valence-electron chi connectivity index (χ3n) is 4.04. The van der Waals surface area contributed by atoms with Crippen LogP contribution in [0.15, 0.2) is 61.3 Å². The molecule has 2 aromatic carbocycles. The summed E-state index contributed by atoms with van der Waals surface area (Å²) >= 11 is 0. The van der Waals surface area contributed by atoms with E-state index in [9.17, 15) is 4.79 Å². The summed E-state index contributed by atoms with van der Waals surface area (Å²) in [5, 5.41) is 3.67. The number of fused-ring (bicyclic) bond motifs is 1. The van der Waals surface area contributed by atoms with Crippen LogP contribution in [-0.2, 0) is 10.2 Å². The molecule has 0 saturated heterocycles. The molecule has 0 aliphatic carbocycles. The standard InChI is InChI=1S/C21H21N3O/c1-5-19(25)23-17-11-8-15-13-22-20(24-18(15)12-17)14-6-9-16(10-7-14)21(2,3)4/h5-13H,1H2,2-4H3,(H,23,25). The monoisotopic (exact) mass is 331 g/mol. The van der Waals surface area contributed by atoms with Crippen LogP contribution < -0.4 is 5.32 Å². The summed E-state index contributed by atoms with van der Waals surface area (Å²) in [4.78, 5) is 20.6. The zero-order valence-electron chi connectivity index (χ0n) is 14.7. The van der Waals surface area contributed by atoms with Gasteiger partial charge >= 0.3 is 0 Å². The fraction of sp³-hybridized carbons (Fsp3) is 0.190. The minimum atomic E-state index is -0.244. The minimum absolute atomic E-state index is 0.112. The van der Waals surface area contributed by atoms with Crippen molar-refractivity contribution in [3.05, 3.63) is 66.9 Å². The van der Waals surface area contributed by atoms with Gasteiger partial charge in [0.05, 0.1) is 5.52 Å². The second-order valence-corrected chi connectivity index (χ2v) is 6.99. The molecule has 25 heavy (non-hydrogen) atoms. The third kappa shape index (κ3) is 3.74. The van der Waals surface area contributed by atoms with Crippen molar-refractivity contribution in [2.75, 3.05) is 5.32 Å². The maximum atomic E-state index is 11.5. The second kappa shape index (κ2) is 6.48. The lowest BCUT2D eigenvalue weighted by molar-refractivity contribution is -0.111. The van der Waals surface area contributed by atoms with Crippen LogP contribution in [0.4, 0.5) is 5.69 Å². The molecule has 0 aliphatic rings. The van der Waals surface area contributed by atoms with Gasteiger partial charge in [0, 0.05) is 22.8 Å². The summed E-state index contributed by atoms with van der Waals surface area (Å²) < 4.78 is 0. The Kier molecular flexibility index (Phi) is 4.36. The smallest absolute Gasteiger partial charge is 0.247 e. The number of benzene rings is 2. The zero-order chi connectivity index (χ0) is 18.0. The fourth-order valence-electron chi connectivity index (χ4n) is 2.55. The van der Waals surface area contributed by atoms with Crippen LogP contribution in [0.1, 0.15) is 26.3 Å². The molecule has 0 spiro atoms. The van der Waals surface area contributed by atoms with Gasteiger partial charge in [-0.25, -0.2) is 9.97 Å². The number of carbonyl (C=O) groups is 1. The summed E-state index contributed by atoms with van der Waals surface area (Å²) in [6, 6.07) is 13.9. The molecule has 1 N–H and O–H groups in total. The van der Waals surface area contributed by atoms with Crippen molar-refractivity contribution in [3.8, 4) is 11.4 Å². The summed E-state index contributed by atoms with van der Waals surface area (Å²) in [6.07, 6.45) is 3.04. The van der Waals surface area contributed by atoms with Gasteiger partial charge < -0.3 is 5.32 Å². The molecule has 4 heteroatoms. The van der Waals surface area contributed by atoms with E-state index in [2.05, 4.69) is 54.8 Å². The molecule has 0 atom stereocenters. The first kappa shape index (κ1) is 16.8. The molecule has 126 valence electrons. The number of hydrogen-bond donors (Lipinski definition) is 1. The van der Waals surface area contributed by atoms with Crippen LogP contribution in [0.3, 0.4) is 0 Å². The van der Waals surface area contributed by atoms with E-state index in [0.29, 0.717) is 11.5 Å². The van der Waals surface area contributed by atoms with Gasteiger partial charge in [0.1, 0.15) is 0 Å². The highest BCUT2D eigenvalue weighted by Crippen LogP contribution is 2.26. The Balaban J connectivity index is 1.96. The van der Waals surface area contributed by atoms with Gasteiger partial charge in [0.15, 0.2) is 5.82 Å². The first-order valence-corrected chi connectivity index (χ1v) is 8.18. The van der Waals surface area contributed by atoms with Crippen molar-refractivity contribution >= 4 is 22.5 Å². The van der Waals surface area contributed by atoms with Gasteiger partial charge in [-0.2, -0.15) is 0 Å². The van der Waals surface area contributed by atoms with E-state index >= 15 is 0 Å². The SMILES string of the molecule is C=CC(=O)Nc1ccc2cnc(-c3ccc(C(C)(C)C)cc3)nc2c1. The third-order valence-corrected chi connectivity index (χ3v) is 4.04. The number of nitrogens with one attached hydrogen (secondary N) is 1. The Labute approximate surface area is 147 Å². The number of anilines is 1. The second-order valence-electron chi connectivity index (χ2n) is 6.99. The van der Waals surface area contributed by atoms with Crippen molar-refractivity contribution in [2.24, 2.45) is 0 Å². The van der Waals surface area contributed by atoms with Gasteiger partial charge in [-0.05, 0) is 35.3 Å². The summed E-state index contributed by atoms with van der Waals surface area (Å²) in [6.45, 7) is 10.0. The average molecular weight is 331 g/mol. The van der Waals surface area contributed by atoms with Crippen LogP contribution in [0.5, 0.6) is 0 Å². The Bertz CT molecular complexity index is 938. The number of aromatic nitrogens is 2. The molecule has 0 aliphatic heterocycles. The fourth-order valence-corrected chi connectivity index (χ4v) is 2.55. The maximum absolute atomic E-state index is 11.5. The number of nitrogens with zero attached hydrogens (tertiary/aromatic N) is 2. The first-order valence-electron chi connectivity index (χ1n) is 8.18. The largest absolute Gasteiger partial charge is 0.322 e. The van der Waals surface area contributed by atoms with E-state index in [0.717, 1.165) is 16.5 Å². The van der Waals surface area contributed by atoms with Gasteiger partial charge in [-0.3, -0.25) is 4.79 Å². The Morgan fingerprint density at radius 2 is 1.84 bits per heavy atom. The van der Waals surface area contributed by atoms with Gasteiger partial charge in [0.25, 0.3) is 0 Å². The van der Waals surface area contributed by atoms with Crippen LogP contribution in [0, 0.1) is 0 Å². The van der Waals surface area contributed by atoms with Gasteiger partial charge in [0.2, 0.25) is 5.91 Å². The Hall–Kier alpha value is -3.01. The topological polar surface area (TPSA) is 54.9 Å². The summed E-state index contributed by atoms with van der Waals surface area (Å²) in [7, 11) is 0. The number of hydrogen-bond acceptors (Lipinski definition) is 3. The molecular weight excluding hydrogens is 310 g/mol. The minimum Gasteiger partial charge on any atom is -0.322 e. The maximum Gasteiger partial charge on any atom is 0.247 e. The summed E-state index contributed by atoms with van der Waals surface area (Å²) in [5.41, 5.74) is 3.82. The van der Waals surface area contributed by atoms with E-state index in [4.69, 9.17) is 0 Å². The molecule has 0 unspecified atom stereocenters.